The third-order valence-electron chi connectivity index (χ3n) is 2.31. The number of aromatic nitrogens is 1. The first kappa shape index (κ1) is 13.0. The zero-order valence-electron chi connectivity index (χ0n) is 10.2. The molecule has 92 valence electrons. The van der Waals surface area contributed by atoms with E-state index in [4.69, 9.17) is 5.73 Å². The van der Waals surface area contributed by atoms with Crippen LogP contribution in [0.3, 0.4) is 0 Å². The molecular weight excluding hydrogens is 220 g/mol. The molecule has 6 nitrogen and oxygen atoms in total. The van der Waals surface area contributed by atoms with Gasteiger partial charge in [-0.2, -0.15) is 0 Å². The van der Waals surface area contributed by atoms with Gasteiger partial charge >= 0.3 is 0 Å². The highest BCUT2D eigenvalue weighted by molar-refractivity contribution is 5.91. The third kappa shape index (κ3) is 3.44. The number of primary amides is 1. The monoisotopic (exact) mass is 236 g/mol. The number of hydrogen-bond donors (Lipinski definition) is 1. The van der Waals surface area contributed by atoms with E-state index in [1.165, 1.54) is 11.1 Å². The van der Waals surface area contributed by atoms with Crippen LogP contribution < -0.4 is 10.6 Å². The highest BCUT2D eigenvalue weighted by atomic mass is 16.2. The smallest absolute Gasteiger partial charge is 0.267 e. The number of rotatable bonds is 4. The van der Waals surface area contributed by atoms with E-state index in [-0.39, 0.29) is 18.1 Å². The third-order valence-corrected chi connectivity index (χ3v) is 2.31. The standard InChI is InChI=1S/C11H16N4O2/c1-14(2)10(16)7-15(3)8-4-5-13-9(6-8)11(12)17/h4-6H,7H2,1-3H3,(H2,12,17). The molecule has 0 fully saturated rings. The lowest BCUT2D eigenvalue weighted by Crippen LogP contribution is -2.34. The molecule has 6 heteroatoms. The highest BCUT2D eigenvalue weighted by Gasteiger charge is 2.11. The first-order valence-corrected chi connectivity index (χ1v) is 5.09. The summed E-state index contributed by atoms with van der Waals surface area (Å²) in [6.07, 6.45) is 1.49. The largest absolute Gasteiger partial charge is 0.365 e. The van der Waals surface area contributed by atoms with Gasteiger partial charge in [-0.1, -0.05) is 0 Å². The number of carbonyl (C=O) groups is 2. The summed E-state index contributed by atoms with van der Waals surface area (Å²) in [7, 11) is 5.15. The van der Waals surface area contributed by atoms with Gasteiger partial charge in [-0.3, -0.25) is 14.6 Å². The summed E-state index contributed by atoms with van der Waals surface area (Å²) in [5.41, 5.74) is 6.05. The minimum absolute atomic E-state index is 0.0232. The fourth-order valence-electron chi connectivity index (χ4n) is 1.23. The second-order valence-electron chi connectivity index (χ2n) is 3.91. The van der Waals surface area contributed by atoms with E-state index in [1.54, 1.807) is 38.2 Å². The van der Waals surface area contributed by atoms with Crippen molar-refractivity contribution >= 4 is 17.5 Å². The minimum atomic E-state index is -0.584. The number of nitrogens with zero attached hydrogens (tertiary/aromatic N) is 3. The van der Waals surface area contributed by atoms with Crippen molar-refractivity contribution in [2.45, 2.75) is 0 Å². The topological polar surface area (TPSA) is 79.5 Å². The van der Waals surface area contributed by atoms with Gasteiger partial charge in [-0.05, 0) is 12.1 Å². The predicted octanol–water partition coefficient (Wildman–Crippen LogP) is -0.295. The van der Waals surface area contributed by atoms with Gasteiger partial charge in [0.1, 0.15) is 5.69 Å². The Balaban J connectivity index is 2.82. The van der Waals surface area contributed by atoms with Crippen molar-refractivity contribution in [1.29, 1.82) is 0 Å². The van der Waals surface area contributed by atoms with Crippen LogP contribution in [0.25, 0.3) is 0 Å². The molecular formula is C11H16N4O2. The Morgan fingerprint density at radius 1 is 1.35 bits per heavy atom. The van der Waals surface area contributed by atoms with Gasteiger partial charge in [0.05, 0.1) is 6.54 Å². The summed E-state index contributed by atoms with van der Waals surface area (Å²) in [4.78, 5) is 29.6. The fraction of sp³-hybridized carbons (Fsp3) is 0.364. The van der Waals surface area contributed by atoms with Crippen LogP contribution in [0.1, 0.15) is 10.5 Å². The van der Waals surface area contributed by atoms with Gasteiger partial charge in [-0.15, -0.1) is 0 Å². The maximum atomic E-state index is 11.5. The lowest BCUT2D eigenvalue weighted by atomic mass is 10.3. The van der Waals surface area contributed by atoms with Crippen LogP contribution in [-0.2, 0) is 4.79 Å². The molecule has 0 saturated heterocycles. The van der Waals surface area contributed by atoms with Crippen molar-refractivity contribution in [2.75, 3.05) is 32.6 Å². The summed E-state index contributed by atoms with van der Waals surface area (Å²) in [6, 6.07) is 3.28. The number of amides is 2. The Kier molecular flexibility index (Phi) is 4.03. The van der Waals surface area contributed by atoms with E-state index in [9.17, 15) is 9.59 Å². The second kappa shape index (κ2) is 5.29. The van der Waals surface area contributed by atoms with Gasteiger partial charge in [0.25, 0.3) is 5.91 Å². The summed E-state index contributed by atoms with van der Waals surface area (Å²) in [5, 5.41) is 0. The van der Waals surface area contributed by atoms with Crippen molar-refractivity contribution in [1.82, 2.24) is 9.88 Å². The van der Waals surface area contributed by atoms with Crippen molar-refractivity contribution in [3.63, 3.8) is 0 Å². The maximum absolute atomic E-state index is 11.5. The van der Waals surface area contributed by atoms with Gasteiger partial charge in [0.2, 0.25) is 5.91 Å². The van der Waals surface area contributed by atoms with Crippen molar-refractivity contribution in [3.8, 4) is 0 Å². The van der Waals surface area contributed by atoms with Crippen LogP contribution >= 0.6 is 0 Å². The maximum Gasteiger partial charge on any atom is 0.267 e. The molecule has 0 saturated carbocycles. The van der Waals surface area contributed by atoms with Gasteiger partial charge < -0.3 is 15.5 Å². The lowest BCUT2D eigenvalue weighted by Gasteiger charge is -2.21. The average Bonchev–Trinajstić information content (AvgIpc) is 2.28. The Bertz CT molecular complexity index is 431. The Labute approximate surface area is 100 Å². The summed E-state index contributed by atoms with van der Waals surface area (Å²) >= 11 is 0. The molecule has 0 radical (unpaired) electrons. The summed E-state index contributed by atoms with van der Waals surface area (Å²) < 4.78 is 0. The molecule has 17 heavy (non-hydrogen) atoms. The molecule has 0 aliphatic rings. The van der Waals surface area contributed by atoms with E-state index in [1.807, 2.05) is 0 Å². The van der Waals surface area contributed by atoms with E-state index in [2.05, 4.69) is 4.98 Å². The molecule has 0 unspecified atom stereocenters. The van der Waals surface area contributed by atoms with Gasteiger partial charge in [-0.25, -0.2) is 0 Å². The number of hydrogen-bond acceptors (Lipinski definition) is 4. The zero-order valence-corrected chi connectivity index (χ0v) is 10.2. The highest BCUT2D eigenvalue weighted by Crippen LogP contribution is 2.12. The molecule has 0 aliphatic carbocycles. The quantitative estimate of drug-likeness (QED) is 0.778. The predicted molar refractivity (Wildman–Crippen MR) is 64.7 cm³/mol. The normalized spacial score (nSPS) is 9.82. The van der Waals surface area contributed by atoms with Crippen molar-refractivity contribution < 1.29 is 9.59 Å². The van der Waals surface area contributed by atoms with Crippen LogP contribution in [0.4, 0.5) is 5.69 Å². The molecule has 1 aromatic rings. The molecule has 0 bridgehead atoms. The van der Waals surface area contributed by atoms with E-state index in [0.717, 1.165) is 5.69 Å². The molecule has 0 spiro atoms. The van der Waals surface area contributed by atoms with Gasteiger partial charge in [0.15, 0.2) is 0 Å². The second-order valence-corrected chi connectivity index (χ2v) is 3.91. The number of pyridine rings is 1. The first-order valence-electron chi connectivity index (χ1n) is 5.09. The molecule has 0 aromatic carbocycles. The Morgan fingerprint density at radius 3 is 2.53 bits per heavy atom. The van der Waals surface area contributed by atoms with Crippen LogP contribution in [0.2, 0.25) is 0 Å². The number of nitrogens with two attached hydrogens (primary N) is 1. The minimum Gasteiger partial charge on any atom is -0.365 e. The average molecular weight is 236 g/mol. The van der Waals surface area contributed by atoms with E-state index < -0.39 is 5.91 Å². The summed E-state index contributed by atoms with van der Waals surface area (Å²) in [5.74, 6) is -0.607. The Morgan fingerprint density at radius 2 is 2.00 bits per heavy atom. The summed E-state index contributed by atoms with van der Waals surface area (Å²) in [6.45, 7) is 0.231. The molecule has 2 N–H and O–H groups in total. The molecule has 0 aliphatic heterocycles. The Hall–Kier alpha value is -2.11. The fourth-order valence-corrected chi connectivity index (χ4v) is 1.23. The molecule has 0 atom stereocenters. The van der Waals surface area contributed by atoms with E-state index >= 15 is 0 Å². The van der Waals surface area contributed by atoms with Crippen LogP contribution in [-0.4, -0.2) is 49.4 Å². The molecule has 2 amide bonds. The first-order chi connectivity index (χ1) is 7.91. The van der Waals surface area contributed by atoms with Gasteiger partial charge in [0, 0.05) is 33.0 Å². The molecule has 1 heterocycles. The lowest BCUT2D eigenvalue weighted by molar-refractivity contribution is -0.127. The number of likely N-dealkylation sites (N-methyl/N-ethyl adjacent to an activating group) is 2. The van der Waals surface area contributed by atoms with E-state index in [0.29, 0.717) is 0 Å². The molecule has 1 rings (SSSR count). The van der Waals surface area contributed by atoms with Crippen LogP contribution in [0, 0.1) is 0 Å². The number of carbonyl (C=O) groups excluding carboxylic acids is 2. The van der Waals surface area contributed by atoms with Crippen molar-refractivity contribution in [2.24, 2.45) is 5.73 Å². The molecule has 1 aromatic heterocycles. The van der Waals surface area contributed by atoms with Crippen molar-refractivity contribution in [3.05, 3.63) is 24.0 Å². The van der Waals surface area contributed by atoms with Crippen LogP contribution in [0.15, 0.2) is 18.3 Å². The zero-order chi connectivity index (χ0) is 13.0. The SMILES string of the molecule is CN(C)C(=O)CN(C)c1ccnc(C(N)=O)c1. The number of anilines is 1. The van der Waals surface area contributed by atoms with Crippen LogP contribution in [0.5, 0.6) is 0 Å².